The molecule has 4 rings (SSSR count). The maximum absolute atomic E-state index is 13.1. The van der Waals surface area contributed by atoms with Gasteiger partial charge in [0.2, 0.25) is 5.91 Å². The second kappa shape index (κ2) is 7.28. The van der Waals surface area contributed by atoms with Gasteiger partial charge in [-0.2, -0.15) is 0 Å². The molecule has 144 valence electrons. The third kappa shape index (κ3) is 4.02. The number of amides is 1. The molecule has 0 radical (unpaired) electrons. The molecule has 1 aliphatic heterocycles. The van der Waals surface area contributed by atoms with Crippen LogP contribution < -0.4 is 14.8 Å². The van der Waals surface area contributed by atoms with Crippen molar-refractivity contribution in [1.29, 1.82) is 0 Å². The number of thioether (sulfide) groups is 1. The number of alkyl halides is 2. The van der Waals surface area contributed by atoms with Gasteiger partial charge in [0.15, 0.2) is 16.7 Å². The molecule has 28 heavy (non-hydrogen) atoms. The highest BCUT2D eigenvalue weighted by Crippen LogP contribution is 2.42. The first-order chi connectivity index (χ1) is 13.4. The number of fused-ring (bicyclic) bond motifs is 1. The van der Waals surface area contributed by atoms with Crippen molar-refractivity contribution < 1.29 is 23.0 Å². The fourth-order valence-electron chi connectivity index (χ4n) is 2.48. The van der Waals surface area contributed by atoms with E-state index in [0.29, 0.717) is 15.9 Å². The van der Waals surface area contributed by atoms with E-state index >= 15 is 0 Å². The Morgan fingerprint density at radius 2 is 2.04 bits per heavy atom. The van der Waals surface area contributed by atoms with Crippen molar-refractivity contribution in [3.8, 4) is 17.2 Å². The van der Waals surface area contributed by atoms with Gasteiger partial charge < -0.3 is 14.8 Å². The molecule has 1 aliphatic rings. The molecule has 0 fully saturated rings. The average Bonchev–Trinajstić information content (AvgIpc) is 3.22. The summed E-state index contributed by atoms with van der Waals surface area (Å²) in [6, 6.07) is 11.1. The van der Waals surface area contributed by atoms with Crippen LogP contribution in [0.15, 0.2) is 53.9 Å². The summed E-state index contributed by atoms with van der Waals surface area (Å²) in [6.07, 6.45) is -2.19. The molecule has 0 bridgehead atoms. The van der Waals surface area contributed by atoms with Crippen LogP contribution in [0.2, 0.25) is 5.02 Å². The third-order valence-corrected chi connectivity index (χ3v) is 4.80. The molecule has 0 saturated carbocycles. The van der Waals surface area contributed by atoms with Crippen LogP contribution in [0.5, 0.6) is 11.5 Å². The zero-order valence-electron chi connectivity index (χ0n) is 13.9. The van der Waals surface area contributed by atoms with Crippen LogP contribution >= 0.6 is 23.4 Å². The molecule has 0 aliphatic carbocycles. The molecular formula is C17H11ClF2N4O3S. The minimum atomic E-state index is -3.70. The summed E-state index contributed by atoms with van der Waals surface area (Å²) >= 11 is 7.16. The predicted octanol–water partition coefficient (Wildman–Crippen LogP) is 3.97. The van der Waals surface area contributed by atoms with Gasteiger partial charge in [-0.05, 0) is 30.3 Å². The molecule has 0 atom stereocenters. The number of benzene rings is 2. The Kier molecular flexibility index (Phi) is 4.82. The van der Waals surface area contributed by atoms with Crippen molar-refractivity contribution in [2.45, 2.75) is 11.5 Å². The Hall–Kier alpha value is -2.85. The lowest BCUT2D eigenvalue weighted by molar-refractivity contribution is -0.286. The topological polar surface area (TPSA) is 78.3 Å². The number of carbonyl (C=O) groups is 1. The van der Waals surface area contributed by atoms with Crippen molar-refractivity contribution in [3.05, 3.63) is 53.8 Å². The molecule has 7 nitrogen and oxygen atoms in total. The molecule has 1 aromatic heterocycles. The van der Waals surface area contributed by atoms with Crippen molar-refractivity contribution in [3.63, 3.8) is 0 Å². The quantitative estimate of drug-likeness (QED) is 0.624. The molecule has 1 N–H and O–H groups in total. The summed E-state index contributed by atoms with van der Waals surface area (Å²) in [4.78, 5) is 12.2. The average molecular weight is 425 g/mol. The summed E-state index contributed by atoms with van der Waals surface area (Å²) < 4.78 is 36.5. The van der Waals surface area contributed by atoms with E-state index < -0.39 is 6.29 Å². The van der Waals surface area contributed by atoms with Gasteiger partial charge in [-0.15, -0.1) is 19.0 Å². The zero-order valence-corrected chi connectivity index (χ0v) is 15.5. The monoisotopic (exact) mass is 424 g/mol. The number of ether oxygens (including phenoxy) is 2. The van der Waals surface area contributed by atoms with Gasteiger partial charge in [-0.3, -0.25) is 9.36 Å². The summed E-state index contributed by atoms with van der Waals surface area (Å²) in [6.45, 7) is 0. The SMILES string of the molecule is O=C(CSc1nncn1-c1cccc(Cl)c1)Nc1ccc2c(c1)OC(F)(F)O2. The Bertz CT molecular complexity index is 1050. The second-order valence-corrected chi connectivity index (χ2v) is 7.01. The number of carbonyl (C=O) groups excluding carboxylic acids is 1. The zero-order chi connectivity index (χ0) is 19.7. The third-order valence-electron chi connectivity index (χ3n) is 3.62. The molecular weight excluding hydrogens is 414 g/mol. The van der Waals surface area contributed by atoms with Crippen molar-refractivity contribution in [2.24, 2.45) is 0 Å². The number of nitrogens with zero attached hydrogens (tertiary/aromatic N) is 3. The summed E-state index contributed by atoms with van der Waals surface area (Å²) in [5, 5.41) is 11.5. The Labute approximate surface area is 166 Å². The van der Waals surface area contributed by atoms with Crippen LogP contribution in [0.1, 0.15) is 0 Å². The highest BCUT2D eigenvalue weighted by atomic mass is 35.5. The number of rotatable bonds is 5. The number of halogens is 3. The van der Waals surface area contributed by atoms with E-state index in [4.69, 9.17) is 11.6 Å². The molecule has 3 aromatic rings. The lowest BCUT2D eigenvalue weighted by Gasteiger charge is -2.08. The molecule has 0 spiro atoms. The van der Waals surface area contributed by atoms with E-state index in [9.17, 15) is 13.6 Å². The number of nitrogens with one attached hydrogen (secondary N) is 1. The Balaban J connectivity index is 1.39. The lowest BCUT2D eigenvalue weighted by atomic mass is 10.3. The molecule has 0 saturated heterocycles. The first kappa shape index (κ1) is 18.5. The lowest BCUT2D eigenvalue weighted by Crippen LogP contribution is -2.25. The fourth-order valence-corrected chi connectivity index (χ4v) is 3.39. The van der Waals surface area contributed by atoms with Crippen molar-refractivity contribution >= 4 is 35.0 Å². The maximum Gasteiger partial charge on any atom is 0.586 e. The van der Waals surface area contributed by atoms with E-state index in [-0.39, 0.29) is 23.2 Å². The van der Waals surface area contributed by atoms with Gasteiger partial charge in [0.1, 0.15) is 6.33 Å². The van der Waals surface area contributed by atoms with Gasteiger partial charge in [-0.1, -0.05) is 29.4 Å². The molecule has 2 aromatic carbocycles. The van der Waals surface area contributed by atoms with Crippen molar-refractivity contribution in [2.75, 3.05) is 11.1 Å². The van der Waals surface area contributed by atoms with Gasteiger partial charge >= 0.3 is 6.29 Å². The van der Waals surface area contributed by atoms with Gasteiger partial charge in [0.25, 0.3) is 0 Å². The Morgan fingerprint density at radius 1 is 1.21 bits per heavy atom. The smallest absolute Gasteiger partial charge is 0.395 e. The molecule has 11 heteroatoms. The highest BCUT2D eigenvalue weighted by Gasteiger charge is 2.43. The molecule has 2 heterocycles. The van der Waals surface area contributed by atoms with Crippen molar-refractivity contribution in [1.82, 2.24) is 14.8 Å². The first-order valence-electron chi connectivity index (χ1n) is 7.88. The standard InChI is InChI=1S/C17H11ClF2N4O3S/c18-10-2-1-3-12(6-10)24-9-21-23-16(24)28-8-15(25)22-11-4-5-13-14(7-11)27-17(19,20)26-13/h1-7,9H,8H2,(H,22,25). The van der Waals surface area contributed by atoms with Gasteiger partial charge in [-0.25, -0.2) is 0 Å². The van der Waals surface area contributed by atoms with E-state index in [1.54, 1.807) is 22.8 Å². The summed E-state index contributed by atoms with van der Waals surface area (Å²) in [5.41, 5.74) is 1.07. The highest BCUT2D eigenvalue weighted by molar-refractivity contribution is 7.99. The molecule has 1 amide bonds. The number of aromatic nitrogens is 3. The number of anilines is 1. The number of hydrogen-bond donors (Lipinski definition) is 1. The van der Waals surface area contributed by atoms with Crippen LogP contribution in [-0.2, 0) is 4.79 Å². The van der Waals surface area contributed by atoms with E-state index in [2.05, 4.69) is 25.0 Å². The Morgan fingerprint density at radius 3 is 2.86 bits per heavy atom. The first-order valence-corrected chi connectivity index (χ1v) is 9.24. The largest absolute Gasteiger partial charge is 0.586 e. The van der Waals surface area contributed by atoms with E-state index in [0.717, 1.165) is 5.69 Å². The van der Waals surface area contributed by atoms with Crippen LogP contribution in [0.4, 0.5) is 14.5 Å². The second-order valence-electron chi connectivity index (χ2n) is 5.63. The van der Waals surface area contributed by atoms with Crippen LogP contribution in [0, 0.1) is 0 Å². The molecule has 0 unspecified atom stereocenters. The minimum absolute atomic E-state index is 0.0316. The van der Waals surface area contributed by atoms with Crippen LogP contribution in [-0.4, -0.2) is 32.7 Å². The van der Waals surface area contributed by atoms with E-state index in [1.165, 1.54) is 36.3 Å². The van der Waals surface area contributed by atoms with Crippen LogP contribution in [0.25, 0.3) is 5.69 Å². The predicted molar refractivity (Wildman–Crippen MR) is 98.4 cm³/mol. The minimum Gasteiger partial charge on any atom is -0.395 e. The summed E-state index contributed by atoms with van der Waals surface area (Å²) in [5.74, 6) is -0.552. The van der Waals surface area contributed by atoms with E-state index in [1.807, 2.05) is 6.07 Å². The summed E-state index contributed by atoms with van der Waals surface area (Å²) in [7, 11) is 0. The van der Waals surface area contributed by atoms with Gasteiger partial charge in [0.05, 0.1) is 11.4 Å². The fraction of sp³-hybridized carbons (Fsp3) is 0.118. The van der Waals surface area contributed by atoms with Gasteiger partial charge in [0, 0.05) is 16.8 Å². The number of hydrogen-bond acceptors (Lipinski definition) is 6. The normalized spacial score (nSPS) is 14.1. The maximum atomic E-state index is 13.1. The van der Waals surface area contributed by atoms with Crippen LogP contribution in [0.3, 0.4) is 0 Å².